The van der Waals surface area contributed by atoms with Gasteiger partial charge in [-0.15, -0.1) is 0 Å². The number of rotatable bonds is 38. The quantitative estimate of drug-likeness (QED) is 0.0308. The first kappa shape index (κ1) is 55.7. The number of carbonyl (C=O) groups excluding carboxylic acids is 4. The van der Waals surface area contributed by atoms with Gasteiger partial charge in [0.1, 0.15) is 36.8 Å². The highest BCUT2D eigenvalue weighted by atomic mass is 16.6. The van der Waals surface area contributed by atoms with E-state index in [1.807, 2.05) is 0 Å². The molecule has 0 aliphatic rings. The fourth-order valence-corrected chi connectivity index (χ4v) is 7.86. The minimum absolute atomic E-state index is 0.0305. The van der Waals surface area contributed by atoms with Crippen molar-refractivity contribution in [1.82, 2.24) is 15.0 Å². The maximum atomic E-state index is 13.1. The van der Waals surface area contributed by atoms with Crippen LogP contribution in [0.25, 0.3) is 0 Å². The molecule has 0 saturated carbocycles. The van der Waals surface area contributed by atoms with Gasteiger partial charge < -0.3 is 18.9 Å². The van der Waals surface area contributed by atoms with Crippen LogP contribution in [0.3, 0.4) is 0 Å². The van der Waals surface area contributed by atoms with Gasteiger partial charge in [0, 0.05) is 12.8 Å². The Bertz CT molecular complexity index is 1680. The highest BCUT2D eigenvalue weighted by Gasteiger charge is 2.21. The summed E-state index contributed by atoms with van der Waals surface area (Å²) in [5.41, 5.74) is 1.93. The number of unbranched alkanes of at least 4 members (excludes halogenated alkanes) is 24. The highest BCUT2D eigenvalue weighted by Crippen LogP contribution is 2.21. The van der Waals surface area contributed by atoms with Crippen LogP contribution in [-0.4, -0.2) is 38.8 Å². The molecule has 11 heteroatoms. The first-order chi connectivity index (χ1) is 32.2. The molecular formula is C55H83N3O8. The zero-order valence-electron chi connectivity index (χ0n) is 41.2. The summed E-state index contributed by atoms with van der Waals surface area (Å²) < 4.78 is 22.3. The first-order valence-corrected chi connectivity index (χ1v) is 25.8. The van der Waals surface area contributed by atoms with Gasteiger partial charge >= 0.3 is 23.9 Å². The van der Waals surface area contributed by atoms with E-state index in [2.05, 4.69) is 28.8 Å². The molecule has 3 aromatic rings. The van der Waals surface area contributed by atoms with Gasteiger partial charge in [0.05, 0.1) is 22.8 Å². The second-order valence-corrected chi connectivity index (χ2v) is 17.9. The lowest BCUT2D eigenvalue weighted by Gasteiger charge is -2.15. The third-order valence-corrected chi connectivity index (χ3v) is 12.0. The zero-order chi connectivity index (χ0) is 47.5. The van der Waals surface area contributed by atoms with Crippen LogP contribution >= 0.6 is 0 Å². The maximum Gasteiger partial charge on any atom is 0.357 e. The molecule has 3 rings (SSSR count). The van der Waals surface area contributed by atoms with Gasteiger partial charge in [-0.2, -0.15) is 0 Å². The van der Waals surface area contributed by atoms with Crippen molar-refractivity contribution in [1.29, 1.82) is 0 Å². The molecule has 3 aromatic heterocycles. The number of carbonyl (C=O) groups is 4. The van der Waals surface area contributed by atoms with Crippen LogP contribution in [0.2, 0.25) is 0 Å². The van der Waals surface area contributed by atoms with Crippen molar-refractivity contribution in [3.05, 3.63) is 88.8 Å². The molecule has 66 heavy (non-hydrogen) atoms. The molecule has 0 fully saturated rings. The largest absolute Gasteiger partial charge is 0.459 e. The van der Waals surface area contributed by atoms with Crippen molar-refractivity contribution in [2.24, 2.45) is 0 Å². The van der Waals surface area contributed by atoms with Crippen LogP contribution < -0.4 is 0 Å². The molecule has 0 amide bonds. The van der Waals surface area contributed by atoms with Crippen molar-refractivity contribution in [3.8, 4) is 0 Å². The molecule has 0 N–H and O–H groups in total. The van der Waals surface area contributed by atoms with E-state index < -0.39 is 24.1 Å². The van der Waals surface area contributed by atoms with Crippen LogP contribution in [0.15, 0.2) is 54.6 Å². The van der Waals surface area contributed by atoms with Gasteiger partial charge in [-0.3, -0.25) is 19.6 Å². The van der Waals surface area contributed by atoms with Crippen molar-refractivity contribution < 1.29 is 38.1 Å². The maximum absolute atomic E-state index is 13.1. The van der Waals surface area contributed by atoms with Gasteiger partial charge in [-0.1, -0.05) is 186 Å². The van der Waals surface area contributed by atoms with Crippen LogP contribution in [0.4, 0.5) is 0 Å². The molecule has 3 heterocycles. The molecule has 0 radical (unpaired) electrons. The van der Waals surface area contributed by atoms with E-state index >= 15 is 0 Å². The second kappa shape index (κ2) is 35.5. The fourth-order valence-electron chi connectivity index (χ4n) is 7.86. The lowest BCUT2D eigenvalue weighted by atomic mass is 10.0. The smallest absolute Gasteiger partial charge is 0.357 e. The van der Waals surface area contributed by atoms with Crippen LogP contribution in [-0.2, 0) is 41.8 Å². The molecule has 2 unspecified atom stereocenters. The van der Waals surface area contributed by atoms with E-state index in [1.54, 1.807) is 50.2 Å². The van der Waals surface area contributed by atoms with Gasteiger partial charge in [0.2, 0.25) is 0 Å². The molecule has 2 atom stereocenters. The Labute approximate surface area is 397 Å². The standard InChI is InChI=1S/C55H83N3O8/c1-5-7-9-11-13-15-17-19-21-23-25-27-29-40-52(59)63-42-46-34-31-36-48(56-46)44(3)65-54(61)50-38-33-39-51(58-50)55(62)66-45(4)49-37-32-35-47(57-49)43-64-53(60)41-30-28-26-24-22-20-18-16-14-12-10-8-6-2/h31-39,44-45H,5-30,40-43H2,1-4H3. The Kier molecular flexibility index (Phi) is 29.9. The third kappa shape index (κ3) is 25.3. The monoisotopic (exact) mass is 914 g/mol. The number of hydrogen-bond acceptors (Lipinski definition) is 11. The molecule has 0 bridgehead atoms. The summed E-state index contributed by atoms with van der Waals surface area (Å²) in [7, 11) is 0. The van der Waals surface area contributed by atoms with Crippen molar-refractivity contribution in [2.75, 3.05) is 0 Å². The number of nitrogens with zero attached hydrogens (tertiary/aromatic N) is 3. The molecule has 366 valence electrons. The van der Waals surface area contributed by atoms with Crippen LogP contribution in [0.5, 0.6) is 0 Å². The normalized spacial score (nSPS) is 12.1. The molecule has 0 aliphatic carbocycles. The molecule has 0 spiro atoms. The van der Waals surface area contributed by atoms with E-state index in [0.717, 1.165) is 38.5 Å². The fraction of sp³-hybridized carbons (Fsp3) is 0.655. The van der Waals surface area contributed by atoms with E-state index in [1.165, 1.54) is 147 Å². The Morgan fingerprint density at radius 2 is 0.712 bits per heavy atom. The number of pyridine rings is 3. The molecular weight excluding hydrogens is 831 g/mol. The first-order valence-electron chi connectivity index (χ1n) is 25.8. The predicted molar refractivity (Wildman–Crippen MR) is 261 cm³/mol. The molecule has 0 aliphatic heterocycles. The average Bonchev–Trinajstić information content (AvgIpc) is 3.33. The minimum atomic E-state index is -0.742. The van der Waals surface area contributed by atoms with Crippen LogP contribution in [0.1, 0.15) is 263 Å². The van der Waals surface area contributed by atoms with E-state index in [9.17, 15) is 19.2 Å². The van der Waals surface area contributed by atoms with Gasteiger partial charge in [-0.25, -0.2) is 14.6 Å². The van der Waals surface area contributed by atoms with Crippen molar-refractivity contribution >= 4 is 23.9 Å². The Balaban J connectivity index is 1.32. The molecule has 0 aromatic carbocycles. The predicted octanol–water partition coefficient (Wildman–Crippen LogP) is 14.8. The number of ether oxygens (including phenoxy) is 4. The Morgan fingerprint density at radius 1 is 0.409 bits per heavy atom. The summed E-state index contributed by atoms with van der Waals surface area (Å²) in [6.45, 7) is 7.94. The van der Waals surface area contributed by atoms with E-state index in [0.29, 0.717) is 35.6 Å². The summed E-state index contributed by atoms with van der Waals surface area (Å²) in [5, 5.41) is 0. The SMILES string of the molecule is CCCCCCCCCCCCCCCC(=O)OCc1cccc(C(C)OC(=O)c2cccc(C(=O)OC(C)c3cccc(COC(=O)CCCCCCCCCCCCCCC)n3)n2)n1. The summed E-state index contributed by atoms with van der Waals surface area (Å²) in [6.07, 6.45) is 31.7. The minimum Gasteiger partial charge on any atom is -0.459 e. The number of esters is 4. The zero-order valence-corrected chi connectivity index (χ0v) is 41.2. The molecule has 0 saturated heterocycles. The van der Waals surface area contributed by atoms with Crippen molar-refractivity contribution in [3.63, 3.8) is 0 Å². The van der Waals surface area contributed by atoms with E-state index in [4.69, 9.17) is 18.9 Å². The lowest BCUT2D eigenvalue weighted by molar-refractivity contribution is -0.146. The third-order valence-electron chi connectivity index (χ3n) is 12.0. The summed E-state index contributed by atoms with van der Waals surface area (Å²) in [4.78, 5) is 64.5. The van der Waals surface area contributed by atoms with E-state index in [-0.39, 0.29) is 36.5 Å². The van der Waals surface area contributed by atoms with Crippen LogP contribution in [0, 0.1) is 0 Å². The average molecular weight is 914 g/mol. The highest BCUT2D eigenvalue weighted by molar-refractivity contribution is 5.91. The summed E-state index contributed by atoms with van der Waals surface area (Å²) >= 11 is 0. The van der Waals surface area contributed by atoms with Gasteiger partial charge in [0.25, 0.3) is 0 Å². The second-order valence-electron chi connectivity index (χ2n) is 17.9. The topological polar surface area (TPSA) is 144 Å². The van der Waals surface area contributed by atoms with Gasteiger partial charge in [0.15, 0.2) is 0 Å². The summed E-state index contributed by atoms with van der Waals surface area (Å²) in [5.74, 6) is -1.97. The Morgan fingerprint density at radius 3 is 1.05 bits per heavy atom. The summed E-state index contributed by atoms with van der Waals surface area (Å²) in [6, 6.07) is 15.0. The number of aromatic nitrogens is 3. The lowest BCUT2D eigenvalue weighted by Crippen LogP contribution is -2.16. The molecule has 11 nitrogen and oxygen atoms in total. The Hall–Kier alpha value is -4.67. The van der Waals surface area contributed by atoms with Crippen molar-refractivity contribution in [2.45, 2.75) is 233 Å². The number of hydrogen-bond donors (Lipinski definition) is 0. The van der Waals surface area contributed by atoms with Gasteiger partial charge in [-0.05, 0) is 63.1 Å².